The van der Waals surface area contributed by atoms with Crippen molar-refractivity contribution in [1.82, 2.24) is 9.62 Å². The predicted octanol–water partition coefficient (Wildman–Crippen LogP) is 2.41. The van der Waals surface area contributed by atoms with Gasteiger partial charge in [0.2, 0.25) is 10.0 Å². The molecule has 0 spiro atoms. The molecule has 6 heteroatoms. The lowest BCUT2D eigenvalue weighted by molar-refractivity contribution is 0.0921. The highest BCUT2D eigenvalue weighted by molar-refractivity contribution is 7.88. The van der Waals surface area contributed by atoms with E-state index in [1.54, 1.807) is 0 Å². The lowest BCUT2D eigenvalue weighted by Gasteiger charge is -2.31. The van der Waals surface area contributed by atoms with Crippen LogP contribution in [0.15, 0.2) is 42.5 Å². The molecule has 1 saturated heterocycles. The largest absolute Gasteiger partial charge is 0.348 e. The number of benzene rings is 2. The Kier molecular flexibility index (Phi) is 4.32. The van der Waals surface area contributed by atoms with Gasteiger partial charge in [-0.25, -0.2) is 12.7 Å². The van der Waals surface area contributed by atoms with Gasteiger partial charge in [-0.05, 0) is 53.6 Å². The molecular formula is C20H22N2O3S. The molecule has 1 fully saturated rings. The fraction of sp³-hybridized carbons (Fsp3) is 0.350. The molecular weight excluding hydrogens is 348 g/mol. The van der Waals surface area contributed by atoms with Gasteiger partial charge >= 0.3 is 0 Å². The molecule has 0 saturated carbocycles. The van der Waals surface area contributed by atoms with Gasteiger partial charge in [-0.1, -0.05) is 30.3 Å². The maximum absolute atomic E-state index is 12.7. The fourth-order valence-corrected chi connectivity index (χ4v) is 4.83. The summed E-state index contributed by atoms with van der Waals surface area (Å²) in [6, 6.07) is 14.0. The van der Waals surface area contributed by atoms with Crippen molar-refractivity contribution in [2.75, 3.05) is 19.3 Å². The summed E-state index contributed by atoms with van der Waals surface area (Å²) in [5.74, 6) is -0.135. The van der Waals surface area contributed by atoms with E-state index in [-0.39, 0.29) is 11.9 Å². The van der Waals surface area contributed by atoms with Crippen molar-refractivity contribution in [1.29, 1.82) is 0 Å². The third kappa shape index (κ3) is 3.27. The first kappa shape index (κ1) is 17.2. The van der Waals surface area contributed by atoms with Crippen LogP contribution >= 0.6 is 0 Å². The van der Waals surface area contributed by atoms with Crippen LogP contribution in [-0.2, 0) is 16.4 Å². The second kappa shape index (κ2) is 6.52. The molecule has 4 rings (SSSR count). The number of fused-ring (bicyclic) bond motifs is 3. The van der Waals surface area contributed by atoms with E-state index in [1.165, 1.54) is 32.8 Å². The highest BCUT2D eigenvalue weighted by Gasteiger charge is 2.27. The zero-order valence-corrected chi connectivity index (χ0v) is 15.6. The summed E-state index contributed by atoms with van der Waals surface area (Å²) >= 11 is 0. The van der Waals surface area contributed by atoms with Crippen LogP contribution in [0.2, 0.25) is 0 Å². The molecule has 0 aromatic heterocycles. The van der Waals surface area contributed by atoms with E-state index in [1.807, 2.05) is 30.3 Å². The van der Waals surface area contributed by atoms with Crippen molar-refractivity contribution in [2.45, 2.75) is 25.3 Å². The van der Waals surface area contributed by atoms with Crippen LogP contribution in [0.5, 0.6) is 0 Å². The Labute approximate surface area is 154 Å². The SMILES string of the molecule is CS(=O)(=O)N1CCCC(NC(=O)c2ccc3c(c2)Cc2ccccc2-3)C1. The number of rotatable bonds is 3. The molecule has 1 N–H and O–H groups in total. The minimum Gasteiger partial charge on any atom is -0.348 e. The molecule has 136 valence electrons. The van der Waals surface area contributed by atoms with E-state index < -0.39 is 10.0 Å². The molecule has 1 amide bonds. The van der Waals surface area contributed by atoms with E-state index >= 15 is 0 Å². The van der Waals surface area contributed by atoms with Crippen molar-refractivity contribution in [3.8, 4) is 11.1 Å². The van der Waals surface area contributed by atoms with Gasteiger partial charge in [0.1, 0.15) is 0 Å². The zero-order valence-electron chi connectivity index (χ0n) is 14.7. The lowest BCUT2D eigenvalue weighted by atomic mass is 10.0. The van der Waals surface area contributed by atoms with E-state index in [4.69, 9.17) is 0 Å². The second-order valence-corrected chi connectivity index (χ2v) is 9.12. The Hall–Kier alpha value is -2.18. The van der Waals surface area contributed by atoms with Crippen LogP contribution in [0.4, 0.5) is 0 Å². The highest BCUT2D eigenvalue weighted by Crippen LogP contribution is 2.36. The van der Waals surface area contributed by atoms with Gasteiger partial charge in [0.15, 0.2) is 0 Å². The molecule has 0 radical (unpaired) electrons. The van der Waals surface area contributed by atoms with E-state index in [0.717, 1.165) is 19.3 Å². The molecule has 1 atom stereocenters. The number of nitrogens with zero attached hydrogens (tertiary/aromatic N) is 1. The van der Waals surface area contributed by atoms with Crippen molar-refractivity contribution in [3.63, 3.8) is 0 Å². The number of carbonyl (C=O) groups excluding carboxylic acids is 1. The van der Waals surface area contributed by atoms with Crippen LogP contribution in [-0.4, -0.2) is 44.0 Å². The molecule has 2 aliphatic rings. The number of carbonyl (C=O) groups is 1. The number of sulfonamides is 1. The summed E-state index contributed by atoms with van der Waals surface area (Å²) < 4.78 is 24.9. The van der Waals surface area contributed by atoms with Crippen molar-refractivity contribution in [2.24, 2.45) is 0 Å². The average Bonchev–Trinajstić information content (AvgIpc) is 2.99. The van der Waals surface area contributed by atoms with Crippen molar-refractivity contribution in [3.05, 3.63) is 59.2 Å². The van der Waals surface area contributed by atoms with Crippen LogP contribution in [0, 0.1) is 0 Å². The fourth-order valence-electron chi connectivity index (χ4n) is 3.92. The first-order chi connectivity index (χ1) is 12.4. The van der Waals surface area contributed by atoms with E-state index in [9.17, 15) is 13.2 Å². The van der Waals surface area contributed by atoms with Crippen LogP contribution in [0.25, 0.3) is 11.1 Å². The van der Waals surface area contributed by atoms with Gasteiger partial charge in [0, 0.05) is 24.7 Å². The topological polar surface area (TPSA) is 66.5 Å². The maximum atomic E-state index is 12.7. The van der Waals surface area contributed by atoms with Gasteiger partial charge in [-0.3, -0.25) is 4.79 Å². The average molecular weight is 370 g/mol. The molecule has 0 bridgehead atoms. The number of piperidine rings is 1. The molecule has 1 heterocycles. The first-order valence-corrected chi connectivity index (χ1v) is 10.7. The second-order valence-electron chi connectivity index (χ2n) is 7.14. The summed E-state index contributed by atoms with van der Waals surface area (Å²) in [5, 5.41) is 3.00. The summed E-state index contributed by atoms with van der Waals surface area (Å²) in [6.45, 7) is 0.878. The summed E-state index contributed by atoms with van der Waals surface area (Å²) in [7, 11) is -3.22. The minimum atomic E-state index is -3.22. The summed E-state index contributed by atoms with van der Waals surface area (Å²) in [6.07, 6.45) is 3.62. The Balaban J connectivity index is 1.49. The monoisotopic (exact) mass is 370 g/mol. The maximum Gasteiger partial charge on any atom is 0.251 e. The van der Waals surface area contributed by atoms with Gasteiger partial charge in [0.05, 0.1) is 6.26 Å². The molecule has 2 aromatic rings. The molecule has 1 aliphatic heterocycles. The third-order valence-electron chi connectivity index (χ3n) is 5.24. The normalized spacial score (nSPS) is 19.7. The van der Waals surface area contributed by atoms with Crippen molar-refractivity contribution < 1.29 is 13.2 Å². The number of hydrogen-bond donors (Lipinski definition) is 1. The Morgan fingerprint density at radius 2 is 1.88 bits per heavy atom. The summed E-state index contributed by atoms with van der Waals surface area (Å²) in [5.41, 5.74) is 5.52. The Morgan fingerprint density at radius 1 is 1.12 bits per heavy atom. The van der Waals surface area contributed by atoms with E-state index in [2.05, 4.69) is 17.4 Å². The Morgan fingerprint density at radius 3 is 2.69 bits per heavy atom. The number of nitrogens with one attached hydrogen (secondary N) is 1. The lowest BCUT2D eigenvalue weighted by Crippen LogP contribution is -2.49. The zero-order chi connectivity index (χ0) is 18.3. The number of hydrogen-bond acceptors (Lipinski definition) is 3. The van der Waals surface area contributed by atoms with Crippen LogP contribution in [0.1, 0.15) is 34.3 Å². The van der Waals surface area contributed by atoms with Crippen LogP contribution < -0.4 is 5.32 Å². The molecule has 5 nitrogen and oxygen atoms in total. The highest BCUT2D eigenvalue weighted by atomic mass is 32.2. The van der Waals surface area contributed by atoms with Gasteiger partial charge in [-0.2, -0.15) is 0 Å². The van der Waals surface area contributed by atoms with Crippen LogP contribution in [0.3, 0.4) is 0 Å². The molecule has 1 aliphatic carbocycles. The van der Waals surface area contributed by atoms with Gasteiger partial charge < -0.3 is 5.32 Å². The standard InChI is InChI=1S/C20H22N2O3S/c1-26(24,25)22-10-4-6-17(13-22)21-20(23)15-8-9-19-16(12-15)11-14-5-2-3-7-18(14)19/h2-3,5,7-9,12,17H,4,6,10-11,13H2,1H3,(H,21,23). The molecule has 26 heavy (non-hydrogen) atoms. The first-order valence-electron chi connectivity index (χ1n) is 8.89. The molecule has 2 aromatic carbocycles. The quantitative estimate of drug-likeness (QED) is 0.770. The van der Waals surface area contributed by atoms with Gasteiger partial charge in [0.25, 0.3) is 5.91 Å². The smallest absolute Gasteiger partial charge is 0.251 e. The van der Waals surface area contributed by atoms with Gasteiger partial charge in [-0.15, -0.1) is 0 Å². The molecule has 1 unspecified atom stereocenters. The Bertz CT molecular complexity index is 969. The predicted molar refractivity (Wildman–Crippen MR) is 102 cm³/mol. The van der Waals surface area contributed by atoms with Crippen molar-refractivity contribution >= 4 is 15.9 Å². The third-order valence-corrected chi connectivity index (χ3v) is 6.51. The summed E-state index contributed by atoms with van der Waals surface area (Å²) in [4.78, 5) is 12.7. The van der Waals surface area contributed by atoms with E-state index in [0.29, 0.717) is 18.7 Å². The minimum absolute atomic E-state index is 0.135. The number of amides is 1.